The van der Waals surface area contributed by atoms with Crippen molar-refractivity contribution < 1.29 is 28.9 Å². The number of hydrogen-bond acceptors (Lipinski definition) is 8. The van der Waals surface area contributed by atoms with E-state index in [1.54, 1.807) is 26.0 Å². The molecule has 0 amide bonds. The highest BCUT2D eigenvalue weighted by atomic mass is 16.6. The number of carbonyl (C=O) groups is 2. The first kappa shape index (κ1) is 18.2. The van der Waals surface area contributed by atoms with Crippen molar-refractivity contribution >= 4 is 11.9 Å². The Bertz CT molecular complexity index is 745. The van der Waals surface area contributed by atoms with Gasteiger partial charge < -0.3 is 19.3 Å². The lowest BCUT2D eigenvalue weighted by atomic mass is 10.2. The van der Waals surface area contributed by atoms with Gasteiger partial charge >= 0.3 is 11.9 Å². The fourth-order valence-corrected chi connectivity index (χ4v) is 1.90. The third kappa shape index (κ3) is 4.90. The summed E-state index contributed by atoms with van der Waals surface area (Å²) in [4.78, 5) is 31.8. The lowest BCUT2D eigenvalue weighted by Crippen LogP contribution is -2.17. The van der Waals surface area contributed by atoms with Crippen molar-refractivity contribution in [3.8, 4) is 23.0 Å². The van der Waals surface area contributed by atoms with Gasteiger partial charge in [-0.05, 0) is 38.1 Å². The maximum atomic E-state index is 12.0. The van der Waals surface area contributed by atoms with Crippen LogP contribution in [-0.2, 0) is 14.3 Å². The van der Waals surface area contributed by atoms with Gasteiger partial charge in [0.1, 0.15) is 11.3 Å². The molecule has 0 aliphatic rings. The molecule has 0 aliphatic carbocycles. The largest absolute Gasteiger partial charge is 0.508 e. The number of aromatic nitrogens is 2. The maximum Gasteiger partial charge on any atom is 0.345 e. The number of nitrogens with zero attached hydrogens (tertiary/aromatic N) is 2. The number of ether oxygens (including phenoxy) is 3. The molecule has 1 N–H and O–H groups in total. The molecule has 2 rings (SSSR count). The minimum absolute atomic E-state index is 0.00803. The van der Waals surface area contributed by atoms with E-state index in [2.05, 4.69) is 9.97 Å². The minimum atomic E-state index is -0.654. The van der Waals surface area contributed by atoms with Crippen molar-refractivity contribution in [1.29, 1.82) is 0 Å². The summed E-state index contributed by atoms with van der Waals surface area (Å²) in [6.07, 6.45) is 1.27. The molecule has 0 saturated carbocycles. The lowest BCUT2D eigenvalue weighted by molar-refractivity contribution is -0.145. The zero-order chi connectivity index (χ0) is 18.2. The van der Waals surface area contributed by atoms with E-state index in [1.807, 2.05) is 0 Å². The molecule has 0 fully saturated rings. The van der Waals surface area contributed by atoms with Crippen LogP contribution < -0.4 is 4.74 Å². The fraction of sp³-hybridized carbons (Fsp3) is 0.294. The molecule has 2 aromatic rings. The molecule has 0 atom stereocenters. The summed E-state index contributed by atoms with van der Waals surface area (Å²) in [6, 6.07) is 6.20. The monoisotopic (exact) mass is 346 g/mol. The molecule has 0 aliphatic heterocycles. The number of benzene rings is 1. The topological polar surface area (TPSA) is 108 Å². The molecular formula is C17H18N2O6. The van der Waals surface area contributed by atoms with Crippen LogP contribution in [0.2, 0.25) is 0 Å². The van der Waals surface area contributed by atoms with Crippen LogP contribution in [0.4, 0.5) is 0 Å². The van der Waals surface area contributed by atoms with E-state index in [4.69, 9.17) is 14.2 Å². The van der Waals surface area contributed by atoms with Crippen molar-refractivity contribution in [3.63, 3.8) is 0 Å². The number of carbonyl (C=O) groups excluding carboxylic acids is 2. The van der Waals surface area contributed by atoms with Crippen LogP contribution in [0.1, 0.15) is 24.2 Å². The van der Waals surface area contributed by atoms with Crippen molar-refractivity contribution in [2.45, 2.75) is 13.8 Å². The molecule has 0 bridgehead atoms. The number of esters is 2. The molecule has 0 spiro atoms. The van der Waals surface area contributed by atoms with Gasteiger partial charge in [0.05, 0.1) is 13.2 Å². The van der Waals surface area contributed by atoms with Gasteiger partial charge in [-0.2, -0.15) is 4.98 Å². The average molecular weight is 346 g/mol. The van der Waals surface area contributed by atoms with Gasteiger partial charge in [0.2, 0.25) is 5.88 Å². The predicted molar refractivity (Wildman–Crippen MR) is 87.2 cm³/mol. The van der Waals surface area contributed by atoms with Gasteiger partial charge in [-0.25, -0.2) is 14.6 Å². The van der Waals surface area contributed by atoms with E-state index in [0.29, 0.717) is 5.56 Å². The van der Waals surface area contributed by atoms with Crippen molar-refractivity contribution in [1.82, 2.24) is 9.97 Å². The number of rotatable bonds is 7. The minimum Gasteiger partial charge on any atom is -0.508 e. The van der Waals surface area contributed by atoms with Crippen LogP contribution >= 0.6 is 0 Å². The molecule has 0 unspecified atom stereocenters. The number of aromatic hydroxyl groups is 1. The van der Waals surface area contributed by atoms with Gasteiger partial charge in [-0.3, -0.25) is 0 Å². The Hall–Kier alpha value is -3.16. The maximum absolute atomic E-state index is 12.0. The first-order valence-corrected chi connectivity index (χ1v) is 7.67. The summed E-state index contributed by atoms with van der Waals surface area (Å²) < 4.78 is 15.1. The highest BCUT2D eigenvalue weighted by molar-refractivity contribution is 5.91. The smallest absolute Gasteiger partial charge is 0.345 e. The summed E-state index contributed by atoms with van der Waals surface area (Å²) in [5.74, 6) is -0.942. The van der Waals surface area contributed by atoms with E-state index in [0.717, 1.165) is 0 Å². The van der Waals surface area contributed by atoms with Crippen LogP contribution in [0.15, 0.2) is 30.5 Å². The molecule has 1 aromatic heterocycles. The molecular weight excluding hydrogens is 328 g/mol. The predicted octanol–water partition coefficient (Wildman–Crippen LogP) is 1.97. The SMILES string of the molecule is CCOC(=O)COc1nc(-c2ccc(O)cc2)ncc1C(=O)OCC. The molecule has 8 nitrogen and oxygen atoms in total. The summed E-state index contributed by atoms with van der Waals surface area (Å²) in [5.41, 5.74) is 0.614. The second-order valence-electron chi connectivity index (χ2n) is 4.77. The molecule has 8 heteroatoms. The Morgan fingerprint density at radius 3 is 2.40 bits per heavy atom. The highest BCUT2D eigenvalue weighted by Crippen LogP contribution is 2.23. The number of hydrogen-bond donors (Lipinski definition) is 1. The van der Waals surface area contributed by atoms with Crippen molar-refractivity contribution in [3.05, 3.63) is 36.0 Å². The Kier molecular flexibility index (Phi) is 6.27. The van der Waals surface area contributed by atoms with E-state index in [9.17, 15) is 14.7 Å². The number of phenolic OH excluding ortho intramolecular Hbond substituents is 1. The Morgan fingerprint density at radius 1 is 1.08 bits per heavy atom. The standard InChI is InChI=1S/C17H18N2O6/c1-3-23-14(21)10-25-16-13(17(22)24-4-2)9-18-15(19-16)11-5-7-12(20)8-6-11/h5-9,20H,3-4,10H2,1-2H3. The van der Waals surface area contributed by atoms with Crippen LogP contribution in [0.5, 0.6) is 11.6 Å². The highest BCUT2D eigenvalue weighted by Gasteiger charge is 2.19. The molecule has 1 heterocycles. The molecule has 0 saturated heterocycles. The molecule has 1 aromatic carbocycles. The van der Waals surface area contributed by atoms with Gasteiger partial charge in [-0.15, -0.1) is 0 Å². The Labute approximate surface area is 144 Å². The van der Waals surface area contributed by atoms with Gasteiger partial charge in [0.25, 0.3) is 0 Å². The van der Waals surface area contributed by atoms with Crippen LogP contribution in [-0.4, -0.2) is 46.8 Å². The second-order valence-corrected chi connectivity index (χ2v) is 4.77. The van der Waals surface area contributed by atoms with E-state index < -0.39 is 18.5 Å². The average Bonchev–Trinajstić information content (AvgIpc) is 2.61. The van der Waals surface area contributed by atoms with E-state index in [-0.39, 0.29) is 36.2 Å². The van der Waals surface area contributed by atoms with Crippen molar-refractivity contribution in [2.24, 2.45) is 0 Å². The van der Waals surface area contributed by atoms with Gasteiger partial charge in [0, 0.05) is 11.8 Å². The Morgan fingerprint density at radius 2 is 1.76 bits per heavy atom. The van der Waals surface area contributed by atoms with Crippen LogP contribution in [0, 0.1) is 0 Å². The van der Waals surface area contributed by atoms with E-state index >= 15 is 0 Å². The van der Waals surface area contributed by atoms with Crippen LogP contribution in [0.3, 0.4) is 0 Å². The first-order chi connectivity index (χ1) is 12.0. The van der Waals surface area contributed by atoms with E-state index in [1.165, 1.54) is 18.3 Å². The normalized spacial score (nSPS) is 10.2. The van der Waals surface area contributed by atoms with Gasteiger partial charge in [0.15, 0.2) is 12.4 Å². The van der Waals surface area contributed by atoms with Crippen molar-refractivity contribution in [2.75, 3.05) is 19.8 Å². The third-order valence-electron chi connectivity index (χ3n) is 3.01. The summed E-state index contributed by atoms with van der Waals surface area (Å²) in [7, 11) is 0. The van der Waals surface area contributed by atoms with Gasteiger partial charge in [-0.1, -0.05) is 0 Å². The zero-order valence-electron chi connectivity index (χ0n) is 13.9. The number of phenols is 1. The molecule has 0 radical (unpaired) electrons. The molecule has 25 heavy (non-hydrogen) atoms. The zero-order valence-corrected chi connectivity index (χ0v) is 13.9. The quantitative estimate of drug-likeness (QED) is 0.758. The molecule has 132 valence electrons. The first-order valence-electron chi connectivity index (χ1n) is 7.67. The Balaban J connectivity index is 2.32. The summed E-state index contributed by atoms with van der Waals surface area (Å²) in [6.45, 7) is 3.34. The third-order valence-corrected chi connectivity index (χ3v) is 3.01. The second kappa shape index (κ2) is 8.62. The summed E-state index contributed by atoms with van der Waals surface area (Å²) in [5, 5.41) is 9.35. The lowest BCUT2D eigenvalue weighted by Gasteiger charge is -2.10. The fourth-order valence-electron chi connectivity index (χ4n) is 1.90. The van der Waals surface area contributed by atoms with Crippen LogP contribution in [0.25, 0.3) is 11.4 Å². The summed E-state index contributed by atoms with van der Waals surface area (Å²) >= 11 is 0.